The lowest BCUT2D eigenvalue weighted by Gasteiger charge is -2.63. The Morgan fingerprint density at radius 3 is 2.33 bits per heavy atom. The molecule has 348 valence electrons. The predicted octanol–water partition coefficient (Wildman–Crippen LogP) is 4.43. The predicted molar refractivity (Wildman–Crippen MR) is 229 cm³/mol. The molecule has 9 rings (SSSR count). The minimum Gasteiger partial charge on any atom is -0.496 e. The maximum absolute atomic E-state index is 15.3. The van der Waals surface area contributed by atoms with Gasteiger partial charge in [0.1, 0.15) is 11.2 Å². The average molecular weight is 915 g/mol. The number of alkyl halides is 2. The van der Waals surface area contributed by atoms with E-state index in [1.54, 1.807) is 0 Å². The first-order chi connectivity index (χ1) is 30.1. The van der Waals surface area contributed by atoms with Gasteiger partial charge in [0, 0.05) is 96.9 Å². The van der Waals surface area contributed by atoms with Crippen molar-refractivity contribution in [1.29, 1.82) is 0 Å². The number of anilines is 1. The molecular formula is C45H56F2N4O12S. The number of rotatable bonds is 7. The second-order valence-electron chi connectivity index (χ2n) is 18.5. The summed E-state index contributed by atoms with van der Waals surface area (Å²) in [5.41, 5.74) is -1.64. The largest absolute Gasteiger partial charge is 0.496 e. The molecule has 4 N–H and O–H groups in total. The summed E-state index contributed by atoms with van der Waals surface area (Å²) < 4.78 is 85.9. The molecule has 1 aromatic heterocycles. The molecule has 0 amide bonds. The molecule has 0 radical (unpaired) electrons. The van der Waals surface area contributed by atoms with E-state index in [0.717, 1.165) is 29.0 Å². The van der Waals surface area contributed by atoms with Gasteiger partial charge in [-0.1, -0.05) is 37.3 Å². The van der Waals surface area contributed by atoms with Gasteiger partial charge in [-0.2, -0.15) is 8.42 Å². The van der Waals surface area contributed by atoms with Crippen molar-refractivity contribution in [2.75, 3.05) is 59.5 Å². The summed E-state index contributed by atoms with van der Waals surface area (Å²) in [6.45, 7) is 6.55. The lowest BCUT2D eigenvalue weighted by atomic mass is 9.47. The van der Waals surface area contributed by atoms with E-state index in [1.165, 1.54) is 28.3 Å². The van der Waals surface area contributed by atoms with E-state index in [1.807, 2.05) is 67.4 Å². The smallest absolute Gasteiger partial charge is 0.394 e. The first-order valence-electron chi connectivity index (χ1n) is 21.4. The number of carbonyl (C=O) groups excluding carboxylic acids is 3. The van der Waals surface area contributed by atoms with Crippen LogP contribution in [0.5, 0.6) is 5.75 Å². The molecule has 2 saturated heterocycles. The molecule has 1 unspecified atom stereocenters. The van der Waals surface area contributed by atoms with E-state index in [9.17, 15) is 14.7 Å². The number of H-pyrrole nitrogens is 1. The van der Waals surface area contributed by atoms with Gasteiger partial charge in [0.15, 0.2) is 6.10 Å². The molecule has 1 spiro atoms. The molecule has 64 heavy (non-hydrogen) atoms. The van der Waals surface area contributed by atoms with Gasteiger partial charge in [0.25, 0.3) is 0 Å². The SMILES string of the molecule is CC[C@]12C=CCN3CC[C@@]4(c5cc([C@@]6(C(=O)OC)C[C@H]7C[C@@H](C(C)(F)F)CN(Cc8c6[nH]c6ccccc86)C7)c(OC)cc5N(C)[C@H]4[C@@](O)(C(=O)OC)[C@@H]1OC(C)=O)[C@@H]32.O=S(=O)(O)O. The van der Waals surface area contributed by atoms with Gasteiger partial charge >= 0.3 is 28.3 Å². The number of methoxy groups -OCH3 is 3. The van der Waals surface area contributed by atoms with Gasteiger partial charge in [-0.25, -0.2) is 13.6 Å². The Bertz CT molecular complexity index is 2520. The fourth-order valence-electron chi connectivity index (χ4n) is 13.2. The van der Waals surface area contributed by atoms with Crippen LogP contribution >= 0.6 is 0 Å². The lowest BCUT2D eigenvalue weighted by molar-refractivity contribution is -0.228. The van der Waals surface area contributed by atoms with Crippen molar-refractivity contribution in [2.45, 2.75) is 93.5 Å². The number of esters is 3. The number of nitrogens with one attached hydrogen (secondary N) is 1. The number of hydrogen-bond acceptors (Lipinski definition) is 13. The number of likely N-dealkylation sites (N-methyl/N-ethyl adjacent to an activating group) is 1. The summed E-state index contributed by atoms with van der Waals surface area (Å²) in [5, 5.41) is 14.2. The third-order valence-corrected chi connectivity index (χ3v) is 15.3. The third kappa shape index (κ3) is 6.66. The zero-order chi connectivity index (χ0) is 46.5. The monoisotopic (exact) mass is 914 g/mol. The van der Waals surface area contributed by atoms with Gasteiger partial charge in [0.05, 0.1) is 27.4 Å². The fourth-order valence-corrected chi connectivity index (χ4v) is 13.2. The van der Waals surface area contributed by atoms with Crippen LogP contribution in [0.4, 0.5) is 14.5 Å². The number of para-hydroxylation sites is 1. The van der Waals surface area contributed by atoms with Crippen LogP contribution in [-0.2, 0) is 56.4 Å². The molecule has 10 atom stereocenters. The molecule has 19 heteroatoms. The van der Waals surface area contributed by atoms with Gasteiger partial charge in [-0.15, -0.1) is 0 Å². The number of nitrogens with zero attached hydrogens (tertiary/aromatic N) is 3. The number of fused-ring (bicyclic) bond motifs is 6. The van der Waals surface area contributed by atoms with Gasteiger partial charge in [0.2, 0.25) is 11.5 Å². The average Bonchev–Trinajstić information content (AvgIpc) is 3.89. The molecule has 1 saturated carbocycles. The fraction of sp³-hybridized carbons (Fsp3) is 0.578. The summed E-state index contributed by atoms with van der Waals surface area (Å²) in [5.74, 6) is -5.92. The quantitative estimate of drug-likeness (QED) is 0.112. The van der Waals surface area contributed by atoms with Crippen molar-refractivity contribution in [3.8, 4) is 5.75 Å². The normalized spacial score (nSPS) is 33.9. The minimum absolute atomic E-state index is 0.155. The van der Waals surface area contributed by atoms with Gasteiger partial charge in [-0.3, -0.25) is 28.5 Å². The van der Waals surface area contributed by atoms with Crippen LogP contribution in [-0.4, -0.2) is 140 Å². The van der Waals surface area contributed by atoms with Crippen molar-refractivity contribution in [3.63, 3.8) is 0 Å². The first kappa shape index (κ1) is 45.9. The highest BCUT2D eigenvalue weighted by molar-refractivity contribution is 7.79. The molecule has 2 aromatic carbocycles. The Hall–Kier alpha value is -4.66. The van der Waals surface area contributed by atoms with Crippen LogP contribution < -0.4 is 9.64 Å². The third-order valence-electron chi connectivity index (χ3n) is 15.3. The van der Waals surface area contributed by atoms with Crippen molar-refractivity contribution in [1.82, 2.24) is 14.8 Å². The van der Waals surface area contributed by atoms with E-state index in [4.69, 9.17) is 36.5 Å². The van der Waals surface area contributed by atoms with Crippen LogP contribution in [0.15, 0.2) is 48.6 Å². The maximum atomic E-state index is 15.3. The summed E-state index contributed by atoms with van der Waals surface area (Å²) in [6, 6.07) is 10.3. The Morgan fingerprint density at radius 2 is 1.70 bits per heavy atom. The van der Waals surface area contributed by atoms with Crippen molar-refractivity contribution < 1.29 is 64.7 Å². The summed E-state index contributed by atoms with van der Waals surface area (Å²) in [6.07, 6.45) is 4.04. The number of benzene rings is 2. The number of halogens is 2. The number of aromatic amines is 1. The van der Waals surface area contributed by atoms with E-state index < -0.39 is 74.1 Å². The number of hydrogen-bond donors (Lipinski definition) is 4. The molecule has 6 heterocycles. The van der Waals surface area contributed by atoms with E-state index in [-0.39, 0.29) is 31.3 Å². The highest BCUT2D eigenvalue weighted by Crippen LogP contribution is 2.68. The van der Waals surface area contributed by atoms with Crippen LogP contribution in [0.25, 0.3) is 10.9 Å². The standard InChI is InChI=1S/C45H54F2N4O8.H2O4S/c1-8-42-14-11-16-51-17-15-43(36(42)51)30-19-31(34(56-5)20-33(30)49(4)37(43)45(55,40(54)58-7)38(42)59-25(2)52)44(39(53)57-6)21-26-18-27(41(3,46)47)23-50(22-26)24-29-28-12-9-10-13-32(28)48-35(29)44;1-5(2,3)4/h9-14,19-20,26-27,36-38,48,55H,8,15-18,21-24H2,1-7H3;(H2,1,2,3,4)/t26-,27-,36+,37-,38-,42-,43-,44+,45+;/m1./s1. The summed E-state index contributed by atoms with van der Waals surface area (Å²) in [4.78, 5) is 52.5. The van der Waals surface area contributed by atoms with Crippen LogP contribution in [0.2, 0.25) is 0 Å². The molecule has 3 aromatic rings. The van der Waals surface area contributed by atoms with E-state index >= 15 is 13.6 Å². The lowest BCUT2D eigenvalue weighted by Crippen LogP contribution is -2.81. The van der Waals surface area contributed by atoms with Crippen molar-refractivity contribution >= 4 is 44.9 Å². The Labute approximate surface area is 370 Å². The highest BCUT2D eigenvalue weighted by Gasteiger charge is 2.80. The first-order valence-corrected chi connectivity index (χ1v) is 22.8. The number of piperidine rings is 1. The molecule has 2 bridgehead atoms. The minimum atomic E-state index is -4.67. The molecule has 16 nitrogen and oxygen atoms in total. The molecule has 1 aliphatic carbocycles. The molecule has 3 fully saturated rings. The van der Waals surface area contributed by atoms with Crippen LogP contribution in [0, 0.1) is 17.3 Å². The zero-order valence-corrected chi connectivity index (χ0v) is 37.7. The van der Waals surface area contributed by atoms with Gasteiger partial charge in [-0.05, 0) is 68.3 Å². The second kappa shape index (κ2) is 15.8. The van der Waals surface area contributed by atoms with Gasteiger partial charge < -0.3 is 33.9 Å². The number of aromatic nitrogens is 1. The Morgan fingerprint density at radius 1 is 1.02 bits per heavy atom. The maximum Gasteiger partial charge on any atom is 0.394 e. The highest BCUT2D eigenvalue weighted by atomic mass is 32.3. The Balaban J connectivity index is 0.00000106. The van der Waals surface area contributed by atoms with Crippen LogP contribution in [0.3, 0.4) is 0 Å². The number of ether oxygens (including phenoxy) is 4. The molecule has 5 aliphatic heterocycles. The van der Waals surface area contributed by atoms with Crippen molar-refractivity contribution in [2.24, 2.45) is 17.3 Å². The van der Waals surface area contributed by atoms with Crippen molar-refractivity contribution in [3.05, 3.63) is 70.9 Å². The van der Waals surface area contributed by atoms with Crippen LogP contribution in [0.1, 0.15) is 68.8 Å². The zero-order valence-electron chi connectivity index (χ0n) is 36.9. The second-order valence-corrected chi connectivity index (χ2v) is 19.4. The summed E-state index contributed by atoms with van der Waals surface area (Å²) in [7, 11) is 1.27. The molecular weight excluding hydrogens is 859 g/mol. The molecule has 6 aliphatic rings. The van der Waals surface area contributed by atoms with E-state index in [2.05, 4.69) is 14.8 Å². The van der Waals surface area contributed by atoms with E-state index in [0.29, 0.717) is 61.7 Å². The summed E-state index contributed by atoms with van der Waals surface area (Å²) >= 11 is 0. The number of aliphatic hydroxyl groups is 1. The Kier molecular flexibility index (Phi) is 11.3. The topological polar surface area (TPSA) is 208 Å². The number of carbonyl (C=O) groups is 3.